The van der Waals surface area contributed by atoms with Gasteiger partial charge in [0.25, 0.3) is 0 Å². The fourth-order valence-electron chi connectivity index (χ4n) is 1.73. The summed E-state index contributed by atoms with van der Waals surface area (Å²) in [6.45, 7) is 4.11. The standard InChI is InChI=1S/C13H16BrN3O/c1-3-4-11(15)13-16-12(17-18-13)9-6-5-8(2)7-10(9)14/h5-7,11H,3-4,15H2,1-2H3. The minimum atomic E-state index is -0.180. The number of rotatable bonds is 4. The molecule has 18 heavy (non-hydrogen) atoms. The van der Waals surface area contributed by atoms with E-state index in [0.717, 1.165) is 22.9 Å². The Labute approximate surface area is 115 Å². The molecule has 2 N–H and O–H groups in total. The maximum absolute atomic E-state index is 5.95. The highest BCUT2D eigenvalue weighted by Gasteiger charge is 2.16. The van der Waals surface area contributed by atoms with Gasteiger partial charge in [0.2, 0.25) is 11.7 Å². The number of halogens is 1. The fourth-order valence-corrected chi connectivity index (χ4v) is 2.40. The van der Waals surface area contributed by atoms with E-state index < -0.39 is 0 Å². The van der Waals surface area contributed by atoms with Crippen molar-refractivity contribution >= 4 is 15.9 Å². The fraction of sp³-hybridized carbons (Fsp3) is 0.385. The molecule has 0 bridgehead atoms. The van der Waals surface area contributed by atoms with Crippen molar-refractivity contribution in [3.8, 4) is 11.4 Å². The quantitative estimate of drug-likeness (QED) is 0.937. The summed E-state index contributed by atoms with van der Waals surface area (Å²) in [5.41, 5.74) is 8.04. The first-order valence-electron chi connectivity index (χ1n) is 5.97. The Bertz CT molecular complexity index is 539. The van der Waals surface area contributed by atoms with Crippen LogP contribution < -0.4 is 5.73 Å². The van der Waals surface area contributed by atoms with Crippen molar-refractivity contribution in [2.45, 2.75) is 32.7 Å². The van der Waals surface area contributed by atoms with Crippen LogP contribution in [0.4, 0.5) is 0 Å². The van der Waals surface area contributed by atoms with Crippen LogP contribution in [-0.4, -0.2) is 10.1 Å². The number of benzene rings is 1. The summed E-state index contributed by atoms with van der Waals surface area (Å²) in [6.07, 6.45) is 1.84. The first kappa shape index (κ1) is 13.2. The van der Waals surface area contributed by atoms with E-state index >= 15 is 0 Å². The van der Waals surface area contributed by atoms with E-state index in [4.69, 9.17) is 10.3 Å². The van der Waals surface area contributed by atoms with Gasteiger partial charge in [0.05, 0.1) is 6.04 Å². The third-order valence-electron chi connectivity index (χ3n) is 2.72. The third kappa shape index (κ3) is 2.79. The summed E-state index contributed by atoms with van der Waals surface area (Å²) in [4.78, 5) is 4.36. The monoisotopic (exact) mass is 309 g/mol. The zero-order chi connectivity index (χ0) is 13.1. The van der Waals surface area contributed by atoms with Gasteiger partial charge in [0.15, 0.2) is 0 Å². The van der Waals surface area contributed by atoms with E-state index in [-0.39, 0.29) is 6.04 Å². The van der Waals surface area contributed by atoms with E-state index in [1.54, 1.807) is 0 Å². The zero-order valence-electron chi connectivity index (χ0n) is 10.5. The molecule has 2 aromatic rings. The molecular formula is C13H16BrN3O. The molecule has 1 unspecified atom stereocenters. The average Bonchev–Trinajstić information content (AvgIpc) is 2.78. The van der Waals surface area contributed by atoms with E-state index in [2.05, 4.69) is 33.0 Å². The molecule has 0 saturated carbocycles. The van der Waals surface area contributed by atoms with Crippen molar-refractivity contribution in [1.29, 1.82) is 0 Å². The lowest BCUT2D eigenvalue weighted by atomic mass is 10.1. The van der Waals surface area contributed by atoms with Gasteiger partial charge in [-0.15, -0.1) is 0 Å². The molecule has 0 aliphatic rings. The third-order valence-corrected chi connectivity index (χ3v) is 3.38. The molecule has 1 atom stereocenters. The van der Waals surface area contributed by atoms with Gasteiger partial charge in [0.1, 0.15) is 0 Å². The van der Waals surface area contributed by atoms with Crippen molar-refractivity contribution in [1.82, 2.24) is 10.1 Å². The summed E-state index contributed by atoms with van der Waals surface area (Å²) in [7, 11) is 0. The van der Waals surface area contributed by atoms with Crippen LogP contribution in [0, 0.1) is 6.92 Å². The Hall–Kier alpha value is -1.20. The normalized spacial score (nSPS) is 12.7. The highest BCUT2D eigenvalue weighted by molar-refractivity contribution is 9.10. The molecule has 0 spiro atoms. The largest absolute Gasteiger partial charge is 0.337 e. The van der Waals surface area contributed by atoms with Crippen molar-refractivity contribution in [2.24, 2.45) is 5.73 Å². The smallest absolute Gasteiger partial charge is 0.243 e. The van der Waals surface area contributed by atoms with Gasteiger partial charge in [-0.1, -0.05) is 40.5 Å². The molecule has 4 nitrogen and oxygen atoms in total. The maximum Gasteiger partial charge on any atom is 0.243 e. The number of nitrogens with zero attached hydrogens (tertiary/aromatic N) is 2. The lowest BCUT2D eigenvalue weighted by molar-refractivity contribution is 0.348. The Morgan fingerprint density at radius 2 is 2.22 bits per heavy atom. The molecule has 0 aliphatic heterocycles. The second-order valence-electron chi connectivity index (χ2n) is 4.33. The molecule has 0 aliphatic carbocycles. The Morgan fingerprint density at radius 3 is 2.89 bits per heavy atom. The Morgan fingerprint density at radius 1 is 1.44 bits per heavy atom. The Kier molecular flexibility index (Phi) is 4.14. The van der Waals surface area contributed by atoms with Gasteiger partial charge in [-0.05, 0) is 31.0 Å². The lowest BCUT2D eigenvalue weighted by Gasteiger charge is -2.02. The first-order valence-corrected chi connectivity index (χ1v) is 6.76. The van der Waals surface area contributed by atoms with Gasteiger partial charge < -0.3 is 10.3 Å². The molecule has 1 aromatic carbocycles. The summed E-state index contributed by atoms with van der Waals surface area (Å²) in [6, 6.07) is 5.83. The second-order valence-corrected chi connectivity index (χ2v) is 5.19. The molecule has 1 heterocycles. The van der Waals surface area contributed by atoms with E-state index in [1.165, 1.54) is 5.56 Å². The van der Waals surface area contributed by atoms with E-state index in [0.29, 0.717) is 11.7 Å². The summed E-state index contributed by atoms with van der Waals surface area (Å²) in [5, 5.41) is 3.98. The average molecular weight is 310 g/mol. The minimum absolute atomic E-state index is 0.180. The molecular weight excluding hydrogens is 294 g/mol. The second kappa shape index (κ2) is 5.63. The number of aromatic nitrogens is 2. The van der Waals surface area contributed by atoms with Crippen molar-refractivity contribution in [2.75, 3.05) is 0 Å². The maximum atomic E-state index is 5.95. The predicted octanol–water partition coefficient (Wildman–Crippen LogP) is 3.61. The molecule has 5 heteroatoms. The molecule has 0 fully saturated rings. The van der Waals surface area contributed by atoms with Crippen LogP contribution in [0.5, 0.6) is 0 Å². The van der Waals surface area contributed by atoms with Crippen molar-refractivity contribution in [3.05, 3.63) is 34.1 Å². The molecule has 2 rings (SSSR count). The number of aryl methyl sites for hydroxylation is 1. The van der Waals surface area contributed by atoms with Crippen molar-refractivity contribution < 1.29 is 4.52 Å². The number of nitrogens with two attached hydrogens (primary N) is 1. The SMILES string of the molecule is CCCC(N)c1nc(-c2ccc(C)cc2Br)no1. The topological polar surface area (TPSA) is 64.9 Å². The van der Waals surface area contributed by atoms with Crippen LogP contribution in [0.25, 0.3) is 11.4 Å². The Balaban J connectivity index is 2.29. The summed E-state index contributed by atoms with van der Waals surface area (Å²) >= 11 is 3.51. The number of hydrogen-bond donors (Lipinski definition) is 1. The predicted molar refractivity (Wildman–Crippen MR) is 74.0 cm³/mol. The van der Waals surface area contributed by atoms with Crippen LogP contribution in [0.15, 0.2) is 27.2 Å². The molecule has 0 saturated heterocycles. The van der Waals surface area contributed by atoms with Gasteiger partial charge in [-0.3, -0.25) is 0 Å². The summed E-state index contributed by atoms with van der Waals surface area (Å²) in [5.74, 6) is 1.07. The van der Waals surface area contributed by atoms with Crippen molar-refractivity contribution in [3.63, 3.8) is 0 Å². The van der Waals surface area contributed by atoms with Crippen LogP contribution >= 0.6 is 15.9 Å². The van der Waals surface area contributed by atoms with Crippen LogP contribution in [0.1, 0.15) is 37.3 Å². The van der Waals surface area contributed by atoms with E-state index in [1.807, 2.05) is 25.1 Å². The first-order chi connectivity index (χ1) is 8.61. The lowest BCUT2D eigenvalue weighted by Crippen LogP contribution is -2.09. The van der Waals surface area contributed by atoms with E-state index in [9.17, 15) is 0 Å². The zero-order valence-corrected chi connectivity index (χ0v) is 12.1. The minimum Gasteiger partial charge on any atom is -0.337 e. The van der Waals surface area contributed by atoms with Crippen LogP contribution in [0.3, 0.4) is 0 Å². The molecule has 0 radical (unpaired) electrons. The summed E-state index contributed by atoms with van der Waals surface area (Å²) < 4.78 is 6.17. The highest BCUT2D eigenvalue weighted by Crippen LogP contribution is 2.27. The highest BCUT2D eigenvalue weighted by atomic mass is 79.9. The molecule has 1 aromatic heterocycles. The van der Waals surface area contributed by atoms with Gasteiger partial charge in [-0.25, -0.2) is 0 Å². The van der Waals surface area contributed by atoms with Crippen LogP contribution in [-0.2, 0) is 0 Å². The van der Waals surface area contributed by atoms with Crippen LogP contribution in [0.2, 0.25) is 0 Å². The van der Waals surface area contributed by atoms with Gasteiger partial charge in [-0.2, -0.15) is 4.98 Å². The molecule has 0 amide bonds. The van der Waals surface area contributed by atoms with Gasteiger partial charge in [0, 0.05) is 10.0 Å². The number of hydrogen-bond acceptors (Lipinski definition) is 4. The van der Waals surface area contributed by atoms with Gasteiger partial charge >= 0.3 is 0 Å². The molecule has 96 valence electrons.